The van der Waals surface area contributed by atoms with Crippen LogP contribution in [0.5, 0.6) is 0 Å². The van der Waals surface area contributed by atoms with E-state index < -0.39 is 4.92 Å². The second-order valence-corrected chi connectivity index (χ2v) is 5.38. The summed E-state index contributed by atoms with van der Waals surface area (Å²) in [5.41, 5.74) is -0.243. The number of anilines is 1. The molecule has 2 unspecified atom stereocenters. The number of nitro groups is 1. The lowest BCUT2D eigenvalue weighted by atomic mass is 9.80. The van der Waals surface area contributed by atoms with Crippen molar-refractivity contribution < 1.29 is 4.92 Å². The van der Waals surface area contributed by atoms with E-state index in [0.717, 1.165) is 6.42 Å². The van der Waals surface area contributed by atoms with Crippen LogP contribution in [0.1, 0.15) is 32.6 Å². The fourth-order valence-electron chi connectivity index (χ4n) is 2.57. The summed E-state index contributed by atoms with van der Waals surface area (Å²) in [7, 11) is 0. The first-order chi connectivity index (χ1) is 9.09. The molecular weight excluding hydrogens is 268 g/mol. The molecule has 1 aromatic rings. The number of hydrogen-bond acceptors (Lipinski definition) is 5. The largest absolute Gasteiger partial charge is 0.364 e. The summed E-state index contributed by atoms with van der Waals surface area (Å²) < 4.78 is 0. The SMILES string of the molecule is CC1CCCCC1CNc1ncnc(Cl)c1[N+](=O)[O-]. The van der Waals surface area contributed by atoms with Gasteiger partial charge < -0.3 is 5.32 Å². The molecule has 2 rings (SSSR count). The first kappa shape index (κ1) is 14.0. The molecule has 1 N–H and O–H groups in total. The smallest absolute Gasteiger partial charge is 0.348 e. The molecule has 1 aliphatic carbocycles. The highest BCUT2D eigenvalue weighted by Crippen LogP contribution is 2.32. The van der Waals surface area contributed by atoms with Crippen molar-refractivity contribution in [2.75, 3.05) is 11.9 Å². The van der Waals surface area contributed by atoms with Crippen LogP contribution in [0.25, 0.3) is 0 Å². The molecule has 1 aliphatic rings. The van der Waals surface area contributed by atoms with Crippen LogP contribution in [-0.4, -0.2) is 21.4 Å². The van der Waals surface area contributed by atoms with Gasteiger partial charge in [-0.05, 0) is 18.3 Å². The lowest BCUT2D eigenvalue weighted by molar-refractivity contribution is -0.384. The molecule has 1 saturated carbocycles. The molecule has 0 radical (unpaired) electrons. The van der Waals surface area contributed by atoms with Crippen LogP contribution in [0.15, 0.2) is 6.33 Å². The van der Waals surface area contributed by atoms with Crippen LogP contribution in [0.4, 0.5) is 11.5 Å². The minimum atomic E-state index is -0.547. The standard InChI is InChI=1S/C12H17ClN4O2/c1-8-4-2-3-5-9(8)6-14-12-10(17(18)19)11(13)15-7-16-12/h7-9H,2-6H2,1H3,(H,14,15,16). The highest BCUT2D eigenvalue weighted by atomic mass is 35.5. The van der Waals surface area contributed by atoms with Crippen molar-refractivity contribution in [2.45, 2.75) is 32.6 Å². The maximum absolute atomic E-state index is 11.0. The second-order valence-electron chi connectivity index (χ2n) is 5.02. The zero-order chi connectivity index (χ0) is 13.8. The van der Waals surface area contributed by atoms with Gasteiger partial charge in [0.1, 0.15) is 6.33 Å². The maximum atomic E-state index is 11.0. The molecular formula is C12H17ClN4O2. The molecule has 0 spiro atoms. The zero-order valence-electron chi connectivity index (χ0n) is 10.8. The van der Waals surface area contributed by atoms with Gasteiger partial charge >= 0.3 is 5.69 Å². The molecule has 7 heteroatoms. The predicted molar refractivity (Wildman–Crippen MR) is 73.3 cm³/mol. The molecule has 0 aliphatic heterocycles. The Hall–Kier alpha value is -1.43. The van der Waals surface area contributed by atoms with Gasteiger partial charge in [-0.3, -0.25) is 10.1 Å². The van der Waals surface area contributed by atoms with Gasteiger partial charge in [-0.1, -0.05) is 37.8 Å². The fourth-order valence-corrected chi connectivity index (χ4v) is 2.77. The third-order valence-electron chi connectivity index (χ3n) is 3.78. The van der Waals surface area contributed by atoms with E-state index in [2.05, 4.69) is 22.2 Å². The summed E-state index contributed by atoms with van der Waals surface area (Å²) in [6, 6.07) is 0. The predicted octanol–water partition coefficient (Wildman–Crippen LogP) is 3.28. The van der Waals surface area contributed by atoms with E-state index in [1.165, 1.54) is 25.6 Å². The number of aromatic nitrogens is 2. The molecule has 6 nitrogen and oxygen atoms in total. The first-order valence-corrected chi connectivity index (χ1v) is 6.86. The molecule has 19 heavy (non-hydrogen) atoms. The van der Waals surface area contributed by atoms with Crippen LogP contribution < -0.4 is 5.32 Å². The lowest BCUT2D eigenvalue weighted by Gasteiger charge is -2.28. The van der Waals surface area contributed by atoms with Gasteiger partial charge in [-0.25, -0.2) is 9.97 Å². The summed E-state index contributed by atoms with van der Waals surface area (Å²) in [6.07, 6.45) is 6.11. The molecule has 0 saturated heterocycles. The number of nitrogens with one attached hydrogen (secondary N) is 1. The minimum Gasteiger partial charge on any atom is -0.364 e. The Morgan fingerprint density at radius 3 is 2.89 bits per heavy atom. The summed E-state index contributed by atoms with van der Waals surface area (Å²) >= 11 is 5.74. The van der Waals surface area contributed by atoms with Crippen LogP contribution in [0, 0.1) is 22.0 Å². The van der Waals surface area contributed by atoms with Crippen molar-refractivity contribution in [1.82, 2.24) is 9.97 Å². The van der Waals surface area contributed by atoms with Crippen molar-refractivity contribution in [3.05, 3.63) is 21.6 Å². The van der Waals surface area contributed by atoms with Gasteiger partial charge in [0.05, 0.1) is 4.92 Å². The molecule has 0 amide bonds. The van der Waals surface area contributed by atoms with Gasteiger partial charge in [0.15, 0.2) is 0 Å². The zero-order valence-corrected chi connectivity index (χ0v) is 11.6. The van der Waals surface area contributed by atoms with Crippen LogP contribution in [0.2, 0.25) is 5.15 Å². The van der Waals surface area contributed by atoms with Gasteiger partial charge in [-0.15, -0.1) is 0 Å². The van der Waals surface area contributed by atoms with Crippen LogP contribution in [-0.2, 0) is 0 Å². The number of rotatable bonds is 4. The summed E-state index contributed by atoms with van der Waals surface area (Å²) in [6.45, 7) is 2.92. The van der Waals surface area contributed by atoms with E-state index in [0.29, 0.717) is 18.4 Å². The Morgan fingerprint density at radius 1 is 1.47 bits per heavy atom. The van der Waals surface area contributed by atoms with Crippen molar-refractivity contribution in [3.8, 4) is 0 Å². The van der Waals surface area contributed by atoms with Gasteiger partial charge in [0, 0.05) is 6.54 Å². The van der Waals surface area contributed by atoms with E-state index in [1.807, 2.05) is 0 Å². The summed E-state index contributed by atoms with van der Waals surface area (Å²) in [5.74, 6) is 1.38. The first-order valence-electron chi connectivity index (χ1n) is 6.48. The van der Waals surface area contributed by atoms with E-state index in [-0.39, 0.29) is 16.7 Å². The van der Waals surface area contributed by atoms with Gasteiger partial charge in [0.25, 0.3) is 0 Å². The molecule has 0 bridgehead atoms. The minimum absolute atomic E-state index is 0.126. The monoisotopic (exact) mass is 284 g/mol. The molecule has 1 aromatic heterocycles. The Labute approximate surface area is 116 Å². The number of halogens is 1. The van der Waals surface area contributed by atoms with Gasteiger partial charge in [-0.2, -0.15) is 0 Å². The van der Waals surface area contributed by atoms with Crippen molar-refractivity contribution in [3.63, 3.8) is 0 Å². The third kappa shape index (κ3) is 3.32. The number of hydrogen-bond donors (Lipinski definition) is 1. The van der Waals surface area contributed by atoms with Crippen molar-refractivity contribution in [1.29, 1.82) is 0 Å². The Bertz CT molecular complexity index is 469. The average molecular weight is 285 g/mol. The Kier molecular flexibility index (Phi) is 4.52. The average Bonchev–Trinajstić information content (AvgIpc) is 2.37. The molecule has 1 heterocycles. The highest BCUT2D eigenvalue weighted by molar-refractivity contribution is 6.31. The van der Waals surface area contributed by atoms with E-state index in [1.54, 1.807) is 0 Å². The topological polar surface area (TPSA) is 81.0 Å². The molecule has 2 atom stereocenters. The summed E-state index contributed by atoms with van der Waals surface area (Å²) in [4.78, 5) is 18.0. The lowest BCUT2D eigenvalue weighted by Crippen LogP contribution is -2.25. The Morgan fingerprint density at radius 2 is 2.21 bits per heavy atom. The molecule has 104 valence electrons. The third-order valence-corrected chi connectivity index (χ3v) is 4.06. The van der Waals surface area contributed by atoms with Crippen LogP contribution >= 0.6 is 11.6 Å². The highest BCUT2D eigenvalue weighted by Gasteiger charge is 2.25. The van der Waals surface area contributed by atoms with Crippen molar-refractivity contribution in [2.24, 2.45) is 11.8 Å². The maximum Gasteiger partial charge on any atom is 0.348 e. The molecule has 0 aromatic carbocycles. The van der Waals surface area contributed by atoms with E-state index in [4.69, 9.17) is 11.6 Å². The van der Waals surface area contributed by atoms with E-state index in [9.17, 15) is 10.1 Å². The molecule has 1 fully saturated rings. The van der Waals surface area contributed by atoms with E-state index >= 15 is 0 Å². The number of nitrogens with zero attached hydrogens (tertiary/aromatic N) is 3. The normalized spacial score (nSPS) is 23.1. The summed E-state index contributed by atoms with van der Waals surface area (Å²) in [5, 5.41) is 13.9. The van der Waals surface area contributed by atoms with Gasteiger partial charge in [0.2, 0.25) is 11.0 Å². The fraction of sp³-hybridized carbons (Fsp3) is 0.667. The van der Waals surface area contributed by atoms with Crippen molar-refractivity contribution >= 4 is 23.1 Å². The second kappa shape index (κ2) is 6.14. The van der Waals surface area contributed by atoms with Crippen LogP contribution in [0.3, 0.4) is 0 Å². The quantitative estimate of drug-likeness (QED) is 0.521. The Balaban J connectivity index is 2.07.